The van der Waals surface area contributed by atoms with Crippen LogP contribution in [0.15, 0.2) is 18.2 Å². The lowest BCUT2D eigenvalue weighted by Gasteiger charge is -2.31. The van der Waals surface area contributed by atoms with E-state index in [4.69, 9.17) is 23.2 Å². The molecule has 0 unspecified atom stereocenters. The number of anilines is 2. The molecule has 1 aliphatic heterocycles. The molecule has 0 radical (unpaired) electrons. The van der Waals surface area contributed by atoms with Crippen molar-refractivity contribution in [3.63, 3.8) is 0 Å². The molecule has 0 saturated carbocycles. The normalized spacial score (nSPS) is 15.6. The number of benzene rings is 1. The first-order valence-corrected chi connectivity index (χ1v) is 7.03. The Morgan fingerprint density at radius 1 is 1.28 bits per heavy atom. The Kier molecular flexibility index (Phi) is 4.72. The van der Waals surface area contributed by atoms with E-state index in [2.05, 4.69) is 10.2 Å². The number of halogens is 2. The van der Waals surface area contributed by atoms with Gasteiger partial charge in [0.25, 0.3) is 0 Å². The van der Waals surface area contributed by atoms with Crippen LogP contribution in [0.4, 0.5) is 11.4 Å². The van der Waals surface area contributed by atoms with Crippen molar-refractivity contribution in [3.05, 3.63) is 23.2 Å². The zero-order chi connectivity index (χ0) is 13.0. The van der Waals surface area contributed by atoms with Crippen molar-refractivity contribution in [3.8, 4) is 0 Å². The van der Waals surface area contributed by atoms with Crippen molar-refractivity contribution in [1.82, 2.24) is 0 Å². The van der Waals surface area contributed by atoms with E-state index in [9.17, 15) is 4.79 Å². The molecule has 1 fully saturated rings. The number of rotatable bonds is 3. The zero-order valence-electron chi connectivity index (χ0n) is 10.1. The predicted molar refractivity (Wildman–Crippen MR) is 76.9 cm³/mol. The van der Waals surface area contributed by atoms with E-state index >= 15 is 0 Å². The Morgan fingerprint density at radius 2 is 2.00 bits per heavy atom. The number of hydrogen-bond donors (Lipinski definition) is 1. The first kappa shape index (κ1) is 13.5. The summed E-state index contributed by atoms with van der Waals surface area (Å²) in [6.07, 6.45) is 3.58. The molecule has 1 heterocycles. The van der Waals surface area contributed by atoms with Crippen molar-refractivity contribution < 1.29 is 4.79 Å². The van der Waals surface area contributed by atoms with E-state index in [-0.39, 0.29) is 11.8 Å². The first-order valence-electron chi connectivity index (χ1n) is 6.11. The smallest absolute Gasteiger partial charge is 0.239 e. The molecule has 0 aromatic heterocycles. The molecule has 1 amide bonds. The van der Waals surface area contributed by atoms with E-state index in [1.54, 1.807) is 0 Å². The number of carbonyl (C=O) groups excluding carboxylic acids is 1. The van der Waals surface area contributed by atoms with E-state index in [0.29, 0.717) is 5.02 Å². The number of nitrogens with zero attached hydrogens (tertiary/aromatic N) is 1. The number of alkyl halides is 1. The molecule has 0 spiro atoms. The second-order valence-corrected chi connectivity index (χ2v) is 5.04. The van der Waals surface area contributed by atoms with Gasteiger partial charge in [0.1, 0.15) is 5.88 Å². The summed E-state index contributed by atoms with van der Waals surface area (Å²) in [7, 11) is 0. The molecule has 98 valence electrons. The van der Waals surface area contributed by atoms with Crippen LogP contribution in [0.3, 0.4) is 0 Å². The summed E-state index contributed by atoms with van der Waals surface area (Å²) < 4.78 is 0. The molecule has 1 aromatic carbocycles. The van der Waals surface area contributed by atoms with Crippen LogP contribution in [-0.4, -0.2) is 24.9 Å². The topological polar surface area (TPSA) is 32.3 Å². The van der Waals surface area contributed by atoms with Crippen LogP contribution in [0, 0.1) is 0 Å². The maximum Gasteiger partial charge on any atom is 0.239 e. The lowest BCUT2D eigenvalue weighted by molar-refractivity contribution is -0.113. The summed E-state index contributed by atoms with van der Waals surface area (Å²) in [4.78, 5) is 13.7. The van der Waals surface area contributed by atoms with Crippen molar-refractivity contribution in [2.24, 2.45) is 0 Å². The van der Waals surface area contributed by atoms with Crippen LogP contribution in [-0.2, 0) is 4.79 Å². The Balaban J connectivity index is 2.28. The number of amides is 1. The van der Waals surface area contributed by atoms with E-state index < -0.39 is 0 Å². The fraction of sp³-hybridized carbons (Fsp3) is 0.462. The molecule has 0 atom stereocenters. The van der Waals surface area contributed by atoms with Crippen LogP contribution in [0.1, 0.15) is 19.3 Å². The molecule has 1 aliphatic rings. The van der Waals surface area contributed by atoms with E-state index in [1.165, 1.54) is 6.42 Å². The lowest BCUT2D eigenvalue weighted by atomic mass is 10.1. The van der Waals surface area contributed by atoms with Crippen LogP contribution in [0.5, 0.6) is 0 Å². The van der Waals surface area contributed by atoms with Gasteiger partial charge in [0.15, 0.2) is 0 Å². The highest BCUT2D eigenvalue weighted by Gasteiger charge is 2.18. The molecule has 18 heavy (non-hydrogen) atoms. The van der Waals surface area contributed by atoms with Gasteiger partial charge in [0.05, 0.1) is 16.4 Å². The summed E-state index contributed by atoms with van der Waals surface area (Å²) in [5.41, 5.74) is 1.66. The van der Waals surface area contributed by atoms with Gasteiger partial charge in [-0.3, -0.25) is 4.79 Å². The minimum atomic E-state index is -0.211. The van der Waals surface area contributed by atoms with Gasteiger partial charge < -0.3 is 10.2 Å². The van der Waals surface area contributed by atoms with Crippen molar-refractivity contribution in [2.45, 2.75) is 19.3 Å². The first-order chi connectivity index (χ1) is 8.72. The van der Waals surface area contributed by atoms with Gasteiger partial charge in [-0.2, -0.15) is 0 Å². The number of hydrogen-bond acceptors (Lipinski definition) is 2. The molecule has 0 aliphatic carbocycles. The predicted octanol–water partition coefficient (Wildman–Crippen LogP) is 3.51. The van der Waals surface area contributed by atoms with Gasteiger partial charge in [-0.15, -0.1) is 11.6 Å². The van der Waals surface area contributed by atoms with Crippen molar-refractivity contribution >= 4 is 40.5 Å². The Bertz CT molecular complexity index is 431. The summed E-state index contributed by atoms with van der Waals surface area (Å²) in [6, 6.07) is 5.54. The second kappa shape index (κ2) is 6.30. The highest BCUT2D eigenvalue weighted by atomic mass is 35.5. The molecule has 1 saturated heterocycles. The Hall–Kier alpha value is -0.930. The highest BCUT2D eigenvalue weighted by Crippen LogP contribution is 2.35. The van der Waals surface area contributed by atoms with Crippen LogP contribution in [0.2, 0.25) is 5.02 Å². The SMILES string of the molecule is O=C(CCl)Nc1cccc(Cl)c1N1CCCCC1. The van der Waals surface area contributed by atoms with Crippen molar-refractivity contribution in [1.29, 1.82) is 0 Å². The molecule has 3 nitrogen and oxygen atoms in total. The summed E-state index contributed by atoms with van der Waals surface area (Å²) in [5, 5.41) is 3.47. The molecule has 2 rings (SSSR count). The second-order valence-electron chi connectivity index (χ2n) is 4.37. The average Bonchev–Trinajstić information content (AvgIpc) is 2.40. The van der Waals surface area contributed by atoms with Crippen molar-refractivity contribution in [2.75, 3.05) is 29.2 Å². The number of piperidine rings is 1. The molecule has 1 N–H and O–H groups in total. The standard InChI is InChI=1S/C13H16Cl2N2O/c14-9-12(18)16-11-6-4-5-10(15)13(11)17-7-2-1-3-8-17/h4-6H,1-3,7-9H2,(H,16,18). The van der Waals surface area contributed by atoms with Gasteiger partial charge in [-0.05, 0) is 31.4 Å². The lowest BCUT2D eigenvalue weighted by Crippen LogP contribution is -2.30. The minimum Gasteiger partial charge on any atom is -0.369 e. The van der Waals surface area contributed by atoms with Crippen LogP contribution >= 0.6 is 23.2 Å². The van der Waals surface area contributed by atoms with E-state index in [1.807, 2.05) is 18.2 Å². The summed E-state index contributed by atoms with van der Waals surface area (Å²) >= 11 is 11.8. The third-order valence-corrected chi connectivity index (χ3v) is 3.60. The maximum absolute atomic E-state index is 11.4. The quantitative estimate of drug-likeness (QED) is 0.863. The number of carbonyl (C=O) groups is 1. The van der Waals surface area contributed by atoms with Gasteiger partial charge in [0, 0.05) is 13.1 Å². The Labute approximate surface area is 117 Å². The fourth-order valence-corrected chi connectivity index (χ4v) is 2.60. The zero-order valence-corrected chi connectivity index (χ0v) is 11.6. The largest absolute Gasteiger partial charge is 0.369 e. The van der Waals surface area contributed by atoms with Gasteiger partial charge in [-0.1, -0.05) is 17.7 Å². The highest BCUT2D eigenvalue weighted by molar-refractivity contribution is 6.34. The van der Waals surface area contributed by atoms with Gasteiger partial charge >= 0.3 is 0 Å². The minimum absolute atomic E-state index is 0.0496. The molecule has 5 heteroatoms. The average molecular weight is 287 g/mol. The van der Waals surface area contributed by atoms with Gasteiger partial charge in [0.2, 0.25) is 5.91 Å². The number of para-hydroxylation sites is 1. The number of nitrogens with one attached hydrogen (secondary N) is 1. The molecule has 1 aromatic rings. The molecular formula is C13H16Cl2N2O. The van der Waals surface area contributed by atoms with E-state index in [0.717, 1.165) is 37.3 Å². The maximum atomic E-state index is 11.4. The molecule has 0 bridgehead atoms. The summed E-state index contributed by atoms with van der Waals surface area (Å²) in [6.45, 7) is 1.96. The monoisotopic (exact) mass is 286 g/mol. The van der Waals surface area contributed by atoms with Crippen LogP contribution < -0.4 is 10.2 Å². The molecular weight excluding hydrogens is 271 g/mol. The third-order valence-electron chi connectivity index (χ3n) is 3.05. The summed E-state index contributed by atoms with van der Waals surface area (Å²) in [5.74, 6) is -0.261. The van der Waals surface area contributed by atoms with Crippen LogP contribution in [0.25, 0.3) is 0 Å². The fourth-order valence-electron chi connectivity index (χ4n) is 2.24. The Morgan fingerprint density at radius 3 is 2.67 bits per heavy atom. The third kappa shape index (κ3) is 3.09. The van der Waals surface area contributed by atoms with Gasteiger partial charge in [-0.25, -0.2) is 0 Å².